The summed E-state index contributed by atoms with van der Waals surface area (Å²) in [4.78, 5) is 2.59. The molecule has 0 nitrogen and oxygen atoms in total. The second-order valence-electron chi connectivity index (χ2n) is 7.28. The SMILES string of the molecule is C=CC(SCCC)C(C)c1cccc(Sc2ccc(CC(CS)SCCS)cc2)c1. The quantitative estimate of drug-likeness (QED) is 0.201. The zero-order chi connectivity index (χ0) is 21.8. The molecule has 0 heterocycles. The van der Waals surface area contributed by atoms with Crippen molar-refractivity contribution >= 4 is 60.5 Å². The molecule has 30 heavy (non-hydrogen) atoms. The van der Waals surface area contributed by atoms with Crippen LogP contribution in [0.15, 0.2) is 71.0 Å². The molecule has 0 radical (unpaired) electrons. The van der Waals surface area contributed by atoms with Crippen LogP contribution in [0.4, 0.5) is 0 Å². The van der Waals surface area contributed by atoms with E-state index in [9.17, 15) is 0 Å². The van der Waals surface area contributed by atoms with Crippen molar-refractivity contribution in [3.05, 3.63) is 72.3 Å². The Morgan fingerprint density at radius 1 is 1.00 bits per heavy atom. The van der Waals surface area contributed by atoms with Crippen LogP contribution in [0.3, 0.4) is 0 Å². The third-order valence-corrected chi connectivity index (χ3v) is 9.98. The maximum atomic E-state index is 4.51. The number of thiol groups is 2. The molecule has 2 aromatic carbocycles. The molecule has 3 unspecified atom stereocenters. The van der Waals surface area contributed by atoms with Crippen molar-refractivity contribution in [2.45, 2.75) is 52.9 Å². The molecule has 2 aromatic rings. The van der Waals surface area contributed by atoms with E-state index in [-0.39, 0.29) is 0 Å². The van der Waals surface area contributed by atoms with Crippen LogP contribution in [-0.2, 0) is 6.42 Å². The van der Waals surface area contributed by atoms with Crippen LogP contribution >= 0.6 is 60.5 Å². The first-order chi connectivity index (χ1) is 14.6. The molecule has 5 heteroatoms. The van der Waals surface area contributed by atoms with Crippen molar-refractivity contribution in [1.82, 2.24) is 0 Å². The number of hydrogen-bond donors (Lipinski definition) is 2. The van der Waals surface area contributed by atoms with Gasteiger partial charge in [-0.25, -0.2) is 0 Å². The van der Waals surface area contributed by atoms with E-state index in [1.807, 2.05) is 35.3 Å². The Kier molecular flexibility index (Phi) is 13.0. The minimum atomic E-state index is 0.463. The van der Waals surface area contributed by atoms with E-state index in [1.54, 1.807) is 0 Å². The van der Waals surface area contributed by atoms with E-state index >= 15 is 0 Å². The van der Waals surface area contributed by atoms with Gasteiger partial charge >= 0.3 is 0 Å². The topological polar surface area (TPSA) is 0 Å². The molecule has 164 valence electrons. The van der Waals surface area contributed by atoms with Crippen LogP contribution in [0.25, 0.3) is 0 Å². The molecular formula is C25H34S5. The van der Waals surface area contributed by atoms with Crippen molar-refractivity contribution < 1.29 is 0 Å². The summed E-state index contributed by atoms with van der Waals surface area (Å²) in [6.07, 6.45) is 4.38. The molecule has 0 bridgehead atoms. The van der Waals surface area contributed by atoms with Crippen LogP contribution in [0.5, 0.6) is 0 Å². The van der Waals surface area contributed by atoms with E-state index < -0.39 is 0 Å². The highest BCUT2D eigenvalue weighted by Crippen LogP contribution is 2.34. The lowest BCUT2D eigenvalue weighted by molar-refractivity contribution is 0.793. The van der Waals surface area contributed by atoms with Crippen molar-refractivity contribution in [3.63, 3.8) is 0 Å². The van der Waals surface area contributed by atoms with Crippen molar-refractivity contribution in [3.8, 4) is 0 Å². The van der Waals surface area contributed by atoms with E-state index in [1.165, 1.54) is 33.1 Å². The summed E-state index contributed by atoms with van der Waals surface area (Å²) in [5.41, 5.74) is 2.78. The normalized spacial score (nSPS) is 14.3. The monoisotopic (exact) mass is 494 g/mol. The van der Waals surface area contributed by atoms with E-state index in [4.69, 9.17) is 0 Å². The van der Waals surface area contributed by atoms with Crippen LogP contribution < -0.4 is 0 Å². The predicted molar refractivity (Wildman–Crippen MR) is 150 cm³/mol. The van der Waals surface area contributed by atoms with E-state index in [0.29, 0.717) is 16.4 Å². The molecular weight excluding hydrogens is 461 g/mol. The second kappa shape index (κ2) is 14.9. The molecule has 0 aromatic heterocycles. The molecule has 0 aliphatic heterocycles. The van der Waals surface area contributed by atoms with Crippen LogP contribution in [0.1, 0.15) is 37.3 Å². The minimum Gasteiger partial charge on any atom is -0.179 e. The van der Waals surface area contributed by atoms with Crippen molar-refractivity contribution in [1.29, 1.82) is 0 Å². The summed E-state index contributed by atoms with van der Waals surface area (Å²) in [7, 11) is 0. The predicted octanol–water partition coefficient (Wildman–Crippen LogP) is 8.14. The Hall–Kier alpha value is -0.0700. The Morgan fingerprint density at radius 2 is 1.77 bits per heavy atom. The van der Waals surface area contributed by atoms with E-state index in [2.05, 4.69) is 100 Å². The Morgan fingerprint density at radius 3 is 2.40 bits per heavy atom. The fourth-order valence-corrected chi connectivity index (χ4v) is 6.80. The molecule has 0 saturated carbocycles. The number of rotatable bonds is 14. The van der Waals surface area contributed by atoms with Gasteiger partial charge in [-0.2, -0.15) is 48.8 Å². The van der Waals surface area contributed by atoms with Gasteiger partial charge < -0.3 is 0 Å². The third kappa shape index (κ3) is 8.82. The maximum Gasteiger partial charge on any atom is 0.0290 e. The molecule has 0 amide bonds. The van der Waals surface area contributed by atoms with Gasteiger partial charge in [0, 0.05) is 31.8 Å². The van der Waals surface area contributed by atoms with Gasteiger partial charge in [-0.05, 0) is 65.7 Å². The summed E-state index contributed by atoms with van der Waals surface area (Å²) in [6, 6.07) is 18.0. The Bertz CT molecular complexity index is 743. The van der Waals surface area contributed by atoms with Gasteiger partial charge in [-0.1, -0.05) is 56.0 Å². The molecule has 0 N–H and O–H groups in total. The van der Waals surface area contributed by atoms with Crippen LogP contribution in [0, 0.1) is 0 Å². The molecule has 0 aliphatic rings. The lowest BCUT2D eigenvalue weighted by Gasteiger charge is -2.21. The van der Waals surface area contributed by atoms with Crippen LogP contribution in [-0.4, -0.2) is 33.5 Å². The largest absolute Gasteiger partial charge is 0.179 e. The molecule has 0 saturated heterocycles. The number of hydrogen-bond acceptors (Lipinski definition) is 5. The first-order valence-corrected chi connectivity index (χ1v) is 14.7. The summed E-state index contributed by atoms with van der Waals surface area (Å²) in [6.45, 7) is 8.62. The van der Waals surface area contributed by atoms with Crippen molar-refractivity contribution in [2.75, 3.05) is 23.0 Å². The molecule has 0 fully saturated rings. The van der Waals surface area contributed by atoms with Gasteiger partial charge in [0.1, 0.15) is 0 Å². The Labute approximate surface area is 207 Å². The zero-order valence-corrected chi connectivity index (χ0v) is 22.2. The maximum absolute atomic E-state index is 4.51. The minimum absolute atomic E-state index is 0.463. The van der Waals surface area contributed by atoms with Gasteiger partial charge in [0.2, 0.25) is 0 Å². The highest BCUT2D eigenvalue weighted by molar-refractivity contribution is 8.01. The van der Waals surface area contributed by atoms with Gasteiger partial charge in [-0.15, -0.1) is 6.58 Å². The molecule has 3 atom stereocenters. The van der Waals surface area contributed by atoms with Crippen LogP contribution in [0.2, 0.25) is 0 Å². The molecule has 2 rings (SSSR count). The molecule has 0 aliphatic carbocycles. The Balaban J connectivity index is 2.01. The van der Waals surface area contributed by atoms with Gasteiger partial charge in [0.05, 0.1) is 0 Å². The smallest absolute Gasteiger partial charge is 0.0290 e. The summed E-state index contributed by atoms with van der Waals surface area (Å²) in [5, 5.41) is 1.02. The summed E-state index contributed by atoms with van der Waals surface area (Å²) >= 11 is 14.7. The first-order valence-electron chi connectivity index (χ1n) is 10.6. The summed E-state index contributed by atoms with van der Waals surface area (Å²) in [5.74, 6) is 4.56. The average molecular weight is 495 g/mol. The third-order valence-electron chi connectivity index (χ3n) is 4.89. The highest BCUT2D eigenvalue weighted by atomic mass is 32.2. The fourth-order valence-electron chi connectivity index (χ4n) is 3.21. The number of thioether (sulfide) groups is 2. The average Bonchev–Trinajstić information content (AvgIpc) is 2.78. The van der Waals surface area contributed by atoms with Crippen molar-refractivity contribution in [2.24, 2.45) is 0 Å². The van der Waals surface area contributed by atoms with Gasteiger partial charge in [-0.3, -0.25) is 0 Å². The first kappa shape index (κ1) is 26.2. The fraction of sp³-hybridized carbons (Fsp3) is 0.440. The second-order valence-corrected chi connectivity index (χ2v) is 11.9. The van der Waals surface area contributed by atoms with Gasteiger partial charge in [0.15, 0.2) is 0 Å². The van der Waals surface area contributed by atoms with E-state index in [0.717, 1.165) is 23.7 Å². The molecule has 0 spiro atoms. The summed E-state index contributed by atoms with van der Waals surface area (Å²) < 4.78 is 0. The standard InChI is InChI=1S/C25H34S5/c1-4-14-29-25(5-2)19(3)21-7-6-8-23(17-21)30-22-11-9-20(10-12-22)16-24(18-27)28-15-13-26/h5-12,17,19,24-27H,2,4,13-16,18H2,1,3H3. The lowest BCUT2D eigenvalue weighted by Crippen LogP contribution is -2.10. The highest BCUT2D eigenvalue weighted by Gasteiger charge is 2.16. The number of benzene rings is 2. The van der Waals surface area contributed by atoms with Gasteiger partial charge in [0.25, 0.3) is 0 Å². The zero-order valence-electron chi connectivity index (χ0n) is 18.0. The lowest BCUT2D eigenvalue weighted by atomic mass is 9.97.